The Hall–Kier alpha value is -0.280. The predicted molar refractivity (Wildman–Crippen MR) is 95.7 cm³/mol. The fourth-order valence-electron chi connectivity index (χ4n) is 2.76. The molecule has 21 heavy (non-hydrogen) atoms. The van der Waals surface area contributed by atoms with Crippen molar-refractivity contribution >= 4 is 32.3 Å². The van der Waals surface area contributed by atoms with Gasteiger partial charge >= 0.3 is 0 Å². The Balaban J connectivity index is 1.91. The molecule has 0 spiro atoms. The number of ether oxygens (including phenoxy) is 1. The van der Waals surface area contributed by atoms with Crippen LogP contribution in [0.25, 0.3) is 0 Å². The van der Waals surface area contributed by atoms with E-state index in [9.17, 15) is 0 Å². The molecule has 0 N–H and O–H groups in total. The molecule has 2 rings (SSSR count). The van der Waals surface area contributed by atoms with Gasteiger partial charge in [0.2, 0.25) is 0 Å². The van der Waals surface area contributed by atoms with Gasteiger partial charge in [0.1, 0.15) is 0 Å². The molecule has 0 saturated carbocycles. The maximum absolute atomic E-state index is 9.00. The Morgan fingerprint density at radius 2 is 2.33 bits per heavy atom. The SMILES string of the molecule is CC(CCC(SSS)C1CCOC1)c1cccc(C#N)c1. The third-order valence-corrected chi connectivity index (χ3v) is 6.85. The monoisotopic (exact) mass is 339 g/mol. The van der Waals surface area contributed by atoms with E-state index in [1.54, 1.807) is 9.83 Å². The van der Waals surface area contributed by atoms with Crippen molar-refractivity contribution in [2.45, 2.75) is 37.4 Å². The topological polar surface area (TPSA) is 33.0 Å². The lowest BCUT2D eigenvalue weighted by molar-refractivity contribution is 0.184. The minimum absolute atomic E-state index is 0.480. The molecule has 1 aromatic rings. The van der Waals surface area contributed by atoms with Gasteiger partial charge in [0.25, 0.3) is 0 Å². The smallest absolute Gasteiger partial charge is 0.0991 e. The highest BCUT2D eigenvalue weighted by atomic mass is 33.5. The summed E-state index contributed by atoms with van der Waals surface area (Å²) in [4.78, 5) is 0. The van der Waals surface area contributed by atoms with Gasteiger partial charge in [-0.05, 0) is 58.6 Å². The molecule has 0 aromatic heterocycles. The molecule has 2 nitrogen and oxygen atoms in total. The molecule has 0 bridgehead atoms. The number of hydrogen-bond acceptors (Lipinski definition) is 5. The number of benzene rings is 1. The average molecular weight is 340 g/mol. The Kier molecular flexibility index (Phi) is 7.31. The number of nitriles is 1. The van der Waals surface area contributed by atoms with Crippen molar-refractivity contribution in [3.63, 3.8) is 0 Å². The van der Waals surface area contributed by atoms with Crippen LogP contribution < -0.4 is 0 Å². The first-order chi connectivity index (χ1) is 10.2. The van der Waals surface area contributed by atoms with E-state index in [-0.39, 0.29) is 0 Å². The molecule has 1 fully saturated rings. The molecule has 3 atom stereocenters. The first-order valence-electron chi connectivity index (χ1n) is 7.29. The van der Waals surface area contributed by atoms with Gasteiger partial charge in [0.05, 0.1) is 18.2 Å². The summed E-state index contributed by atoms with van der Waals surface area (Å²) in [6.07, 6.45) is 3.48. The Morgan fingerprint density at radius 1 is 1.48 bits per heavy atom. The fourth-order valence-corrected chi connectivity index (χ4v) is 5.56. The zero-order valence-corrected chi connectivity index (χ0v) is 14.7. The molecule has 0 aliphatic carbocycles. The van der Waals surface area contributed by atoms with E-state index in [4.69, 9.17) is 10.00 Å². The molecule has 1 heterocycles. The van der Waals surface area contributed by atoms with Gasteiger partial charge in [-0.3, -0.25) is 0 Å². The zero-order chi connectivity index (χ0) is 15.1. The third kappa shape index (κ3) is 5.14. The van der Waals surface area contributed by atoms with Crippen LogP contribution in [0.3, 0.4) is 0 Å². The second-order valence-electron chi connectivity index (χ2n) is 5.55. The summed E-state index contributed by atoms with van der Waals surface area (Å²) < 4.78 is 5.52. The predicted octanol–water partition coefficient (Wildman–Crippen LogP) is 5.07. The maximum atomic E-state index is 9.00. The number of hydrogen-bond donors (Lipinski definition) is 1. The molecule has 1 aromatic carbocycles. The molecule has 0 amide bonds. The van der Waals surface area contributed by atoms with Crippen molar-refractivity contribution in [2.75, 3.05) is 13.2 Å². The van der Waals surface area contributed by atoms with Gasteiger partial charge in [-0.15, -0.1) is 0 Å². The summed E-state index contributed by atoms with van der Waals surface area (Å²) in [5.41, 5.74) is 2.01. The maximum Gasteiger partial charge on any atom is 0.0991 e. The number of thiol groups is 1. The summed E-state index contributed by atoms with van der Waals surface area (Å²) in [5.74, 6) is 1.14. The largest absolute Gasteiger partial charge is 0.381 e. The summed E-state index contributed by atoms with van der Waals surface area (Å²) in [7, 11) is 3.43. The van der Waals surface area contributed by atoms with Gasteiger partial charge in [-0.2, -0.15) is 5.26 Å². The van der Waals surface area contributed by atoms with Gasteiger partial charge < -0.3 is 4.74 Å². The van der Waals surface area contributed by atoms with Crippen molar-refractivity contribution in [3.8, 4) is 6.07 Å². The van der Waals surface area contributed by atoms with Crippen LogP contribution in [0, 0.1) is 17.2 Å². The zero-order valence-electron chi connectivity index (χ0n) is 12.2. The van der Waals surface area contributed by atoms with Crippen molar-refractivity contribution in [1.29, 1.82) is 5.26 Å². The van der Waals surface area contributed by atoms with Crippen LogP contribution in [0.2, 0.25) is 0 Å². The Labute approximate surface area is 140 Å². The molecule has 0 radical (unpaired) electrons. The van der Waals surface area contributed by atoms with E-state index in [0.29, 0.717) is 17.1 Å². The van der Waals surface area contributed by atoms with Crippen molar-refractivity contribution < 1.29 is 4.74 Å². The molecule has 1 saturated heterocycles. The van der Waals surface area contributed by atoms with Crippen LogP contribution >= 0.6 is 32.3 Å². The number of nitrogens with zero attached hydrogens (tertiary/aromatic N) is 1. The van der Waals surface area contributed by atoms with E-state index >= 15 is 0 Å². The van der Waals surface area contributed by atoms with E-state index in [1.165, 1.54) is 18.4 Å². The van der Waals surface area contributed by atoms with Crippen molar-refractivity contribution in [1.82, 2.24) is 0 Å². The second kappa shape index (κ2) is 8.99. The highest BCUT2D eigenvalue weighted by molar-refractivity contribution is 9.05. The highest BCUT2D eigenvalue weighted by Gasteiger charge is 2.26. The first kappa shape index (κ1) is 17.1. The van der Waals surface area contributed by atoms with Crippen LogP contribution in [0.15, 0.2) is 24.3 Å². The van der Waals surface area contributed by atoms with E-state index < -0.39 is 0 Å². The van der Waals surface area contributed by atoms with Crippen molar-refractivity contribution in [3.05, 3.63) is 35.4 Å². The number of rotatable bonds is 7. The van der Waals surface area contributed by atoms with Gasteiger partial charge in [-0.25, -0.2) is 0 Å². The summed E-state index contributed by atoms with van der Waals surface area (Å²) >= 11 is 4.30. The second-order valence-corrected chi connectivity index (χ2v) is 8.86. The van der Waals surface area contributed by atoms with Crippen molar-refractivity contribution in [2.24, 2.45) is 5.92 Å². The summed E-state index contributed by atoms with van der Waals surface area (Å²) in [6.45, 7) is 4.04. The molecule has 114 valence electrons. The summed E-state index contributed by atoms with van der Waals surface area (Å²) in [5, 5.41) is 9.60. The normalized spacial score (nSPS) is 20.9. The highest BCUT2D eigenvalue weighted by Crippen LogP contribution is 2.40. The Morgan fingerprint density at radius 3 is 3.00 bits per heavy atom. The van der Waals surface area contributed by atoms with Crippen LogP contribution in [0.5, 0.6) is 0 Å². The van der Waals surface area contributed by atoms with Crippen LogP contribution in [-0.2, 0) is 4.74 Å². The van der Waals surface area contributed by atoms with E-state index in [1.807, 2.05) is 29.0 Å². The lowest BCUT2D eigenvalue weighted by Gasteiger charge is -2.22. The van der Waals surface area contributed by atoms with Gasteiger partial charge in [-0.1, -0.05) is 41.5 Å². The van der Waals surface area contributed by atoms with E-state index in [2.05, 4.69) is 30.7 Å². The molecule has 5 heteroatoms. The third-order valence-electron chi connectivity index (χ3n) is 4.13. The lowest BCUT2D eigenvalue weighted by Crippen LogP contribution is -2.17. The fraction of sp³-hybridized carbons (Fsp3) is 0.562. The van der Waals surface area contributed by atoms with Crippen LogP contribution in [0.4, 0.5) is 0 Å². The van der Waals surface area contributed by atoms with Gasteiger partial charge in [0, 0.05) is 11.9 Å². The molecule has 1 aliphatic rings. The minimum atomic E-state index is 0.480. The molecular weight excluding hydrogens is 318 g/mol. The van der Waals surface area contributed by atoms with E-state index in [0.717, 1.165) is 25.2 Å². The summed E-state index contributed by atoms with van der Waals surface area (Å²) in [6, 6.07) is 10.2. The lowest BCUT2D eigenvalue weighted by atomic mass is 9.91. The molecule has 3 unspecified atom stereocenters. The Bertz CT molecular complexity index is 483. The first-order valence-corrected chi connectivity index (χ1v) is 10.6. The minimum Gasteiger partial charge on any atom is -0.381 e. The van der Waals surface area contributed by atoms with Crippen LogP contribution in [0.1, 0.15) is 43.2 Å². The quantitative estimate of drug-likeness (QED) is 0.555. The van der Waals surface area contributed by atoms with Gasteiger partial charge in [0.15, 0.2) is 0 Å². The van der Waals surface area contributed by atoms with Crippen LogP contribution in [-0.4, -0.2) is 18.5 Å². The molecular formula is C16H21NOS3. The standard InChI is InChI=1S/C16H21NOS3/c1-12(14-4-2-3-13(9-14)10-17)5-6-16(20-21-19)15-7-8-18-11-15/h2-4,9,12,15-16,19H,5-8,11H2,1H3. The average Bonchev–Trinajstić information content (AvgIpc) is 3.05. The molecule has 1 aliphatic heterocycles.